The van der Waals surface area contributed by atoms with Gasteiger partial charge < -0.3 is 5.11 Å². The van der Waals surface area contributed by atoms with Gasteiger partial charge in [-0.25, -0.2) is 0 Å². The Morgan fingerprint density at radius 1 is 1.35 bits per heavy atom. The van der Waals surface area contributed by atoms with E-state index in [4.69, 9.17) is 0 Å². The van der Waals surface area contributed by atoms with Gasteiger partial charge in [-0.15, -0.1) is 0 Å². The molecule has 20 heavy (non-hydrogen) atoms. The molecule has 0 spiro atoms. The van der Waals surface area contributed by atoms with Crippen LogP contribution in [0.15, 0.2) is 0 Å². The zero-order chi connectivity index (χ0) is 14.6. The van der Waals surface area contributed by atoms with Crippen LogP contribution in [0.1, 0.15) is 39.0 Å². The normalized spacial score (nSPS) is 32.6. The molecule has 2 aliphatic rings. The Morgan fingerprint density at radius 2 is 2.15 bits per heavy atom. The van der Waals surface area contributed by atoms with Crippen LogP contribution in [0, 0.1) is 5.92 Å². The molecule has 0 bridgehead atoms. The number of nitrogens with zero attached hydrogens (tertiary/aromatic N) is 1. The van der Waals surface area contributed by atoms with Crippen molar-refractivity contribution in [2.45, 2.75) is 50.3 Å². The van der Waals surface area contributed by atoms with Gasteiger partial charge in [-0.3, -0.25) is 0 Å². The minimum absolute atomic E-state index is 0.0741. The van der Waals surface area contributed by atoms with Gasteiger partial charge in [0.2, 0.25) is 0 Å². The van der Waals surface area contributed by atoms with Crippen LogP contribution in [0.3, 0.4) is 0 Å². The van der Waals surface area contributed by atoms with Gasteiger partial charge in [0.05, 0.1) is 0 Å². The Balaban J connectivity index is 1.87. The highest BCUT2D eigenvalue weighted by atomic mass is 32.2. The number of piperidine rings is 1. The lowest BCUT2D eigenvalue weighted by atomic mass is 10.0. The predicted octanol–water partition coefficient (Wildman–Crippen LogP) is 1.20. The van der Waals surface area contributed by atoms with E-state index in [1.807, 2.05) is 11.8 Å². The highest BCUT2D eigenvalue weighted by Gasteiger charge is 2.33. The number of rotatable bonds is 6. The maximum absolute atomic E-state index is 12.4. The molecule has 0 aromatic heterocycles. The summed E-state index contributed by atoms with van der Waals surface area (Å²) in [6, 6.07) is 0.0820. The van der Waals surface area contributed by atoms with Crippen LogP contribution in [0.2, 0.25) is 0 Å². The Morgan fingerprint density at radius 3 is 2.85 bits per heavy atom. The smallest absolute Gasteiger partial charge is 0.279 e. The summed E-state index contributed by atoms with van der Waals surface area (Å²) in [4.78, 5) is 0. The second-order valence-electron chi connectivity index (χ2n) is 5.76. The average molecular weight is 322 g/mol. The molecule has 0 aromatic carbocycles. The molecular weight excluding hydrogens is 296 g/mol. The Bertz CT molecular complexity index is 402. The van der Waals surface area contributed by atoms with Crippen molar-refractivity contribution in [2.24, 2.45) is 5.92 Å². The summed E-state index contributed by atoms with van der Waals surface area (Å²) in [5.74, 6) is 1.18. The third-order valence-corrected chi connectivity index (χ3v) is 7.06. The van der Waals surface area contributed by atoms with E-state index in [-0.39, 0.29) is 18.6 Å². The van der Waals surface area contributed by atoms with E-state index in [1.54, 1.807) is 0 Å². The van der Waals surface area contributed by atoms with Crippen molar-refractivity contribution >= 4 is 22.0 Å². The highest BCUT2D eigenvalue weighted by Crippen LogP contribution is 2.30. The minimum atomic E-state index is -3.39. The van der Waals surface area contributed by atoms with Gasteiger partial charge in [0.15, 0.2) is 0 Å². The van der Waals surface area contributed by atoms with E-state index >= 15 is 0 Å². The molecule has 5 nitrogen and oxygen atoms in total. The first kappa shape index (κ1) is 16.5. The zero-order valence-electron chi connectivity index (χ0n) is 12.1. The number of aliphatic hydroxyl groups excluding tert-OH is 1. The summed E-state index contributed by atoms with van der Waals surface area (Å²) >= 11 is 1.93. The standard InChI is InChI=1S/C13H26N2O3S2/c1-2-19-13-6-5-12(8-13)14-20(17,18)15-7-3-4-11(9-15)10-16/h11-14,16H,2-10H2,1H3. The van der Waals surface area contributed by atoms with Gasteiger partial charge in [0, 0.05) is 31.0 Å². The molecule has 0 amide bonds. The van der Waals surface area contributed by atoms with E-state index in [1.165, 1.54) is 4.31 Å². The second kappa shape index (κ2) is 7.45. The molecule has 2 rings (SSSR count). The molecule has 3 unspecified atom stereocenters. The minimum Gasteiger partial charge on any atom is -0.396 e. The molecule has 118 valence electrons. The first-order valence-electron chi connectivity index (χ1n) is 7.55. The lowest BCUT2D eigenvalue weighted by Gasteiger charge is -2.31. The van der Waals surface area contributed by atoms with Gasteiger partial charge in [0.1, 0.15) is 0 Å². The largest absolute Gasteiger partial charge is 0.396 e. The van der Waals surface area contributed by atoms with Crippen LogP contribution >= 0.6 is 11.8 Å². The van der Waals surface area contributed by atoms with Crippen LogP contribution < -0.4 is 4.72 Å². The fourth-order valence-corrected chi connectivity index (χ4v) is 5.82. The average Bonchev–Trinajstić information content (AvgIpc) is 2.86. The van der Waals surface area contributed by atoms with Gasteiger partial charge >= 0.3 is 0 Å². The van der Waals surface area contributed by atoms with Crippen LogP contribution in [-0.2, 0) is 10.2 Å². The fourth-order valence-electron chi connectivity index (χ4n) is 3.11. The number of aliphatic hydroxyl groups is 1. The van der Waals surface area contributed by atoms with Gasteiger partial charge in [-0.2, -0.15) is 29.2 Å². The highest BCUT2D eigenvalue weighted by molar-refractivity contribution is 7.99. The summed E-state index contributed by atoms with van der Waals surface area (Å²) in [7, 11) is -3.39. The molecule has 1 heterocycles. The van der Waals surface area contributed by atoms with E-state index in [0.29, 0.717) is 18.3 Å². The third-order valence-electron chi connectivity index (χ3n) is 4.18. The van der Waals surface area contributed by atoms with Crippen LogP contribution in [0.4, 0.5) is 0 Å². The molecular formula is C13H26N2O3S2. The summed E-state index contributed by atoms with van der Waals surface area (Å²) in [6.07, 6.45) is 4.74. The summed E-state index contributed by atoms with van der Waals surface area (Å²) in [6.45, 7) is 3.24. The molecule has 1 saturated heterocycles. The van der Waals surface area contributed by atoms with Crippen molar-refractivity contribution < 1.29 is 13.5 Å². The fraction of sp³-hybridized carbons (Fsp3) is 1.00. The lowest BCUT2D eigenvalue weighted by molar-refractivity contribution is 0.164. The Labute approximate surface area is 126 Å². The molecule has 1 aliphatic carbocycles. The zero-order valence-corrected chi connectivity index (χ0v) is 13.8. The Kier molecular flexibility index (Phi) is 6.16. The second-order valence-corrected chi connectivity index (χ2v) is 9.04. The van der Waals surface area contributed by atoms with Crippen LogP contribution in [0.25, 0.3) is 0 Å². The summed E-state index contributed by atoms with van der Waals surface area (Å²) < 4.78 is 29.2. The SMILES string of the molecule is CCSC1CCC(NS(=O)(=O)N2CCCC(CO)C2)C1. The van der Waals surface area contributed by atoms with E-state index in [9.17, 15) is 13.5 Å². The van der Waals surface area contributed by atoms with Crippen molar-refractivity contribution in [3.05, 3.63) is 0 Å². The summed E-state index contributed by atoms with van der Waals surface area (Å²) in [5, 5.41) is 9.80. The van der Waals surface area contributed by atoms with Gasteiger partial charge in [0.25, 0.3) is 10.2 Å². The molecule has 0 radical (unpaired) electrons. The summed E-state index contributed by atoms with van der Waals surface area (Å²) in [5.41, 5.74) is 0. The maximum atomic E-state index is 12.4. The molecule has 7 heteroatoms. The maximum Gasteiger partial charge on any atom is 0.279 e. The molecule has 2 fully saturated rings. The number of thioether (sulfide) groups is 1. The van der Waals surface area contributed by atoms with E-state index < -0.39 is 10.2 Å². The number of hydrogen-bond donors (Lipinski definition) is 2. The van der Waals surface area contributed by atoms with Crippen molar-refractivity contribution in [1.29, 1.82) is 0 Å². The number of nitrogens with one attached hydrogen (secondary N) is 1. The van der Waals surface area contributed by atoms with Crippen LogP contribution in [-0.4, -0.2) is 54.6 Å². The predicted molar refractivity (Wildman–Crippen MR) is 83.0 cm³/mol. The molecule has 1 saturated carbocycles. The van der Waals surface area contributed by atoms with Crippen molar-refractivity contribution in [3.8, 4) is 0 Å². The third kappa shape index (κ3) is 4.34. The van der Waals surface area contributed by atoms with Crippen molar-refractivity contribution in [2.75, 3.05) is 25.4 Å². The van der Waals surface area contributed by atoms with Gasteiger partial charge in [-0.05, 0) is 43.8 Å². The monoisotopic (exact) mass is 322 g/mol. The molecule has 3 atom stereocenters. The number of hydrogen-bond acceptors (Lipinski definition) is 4. The first-order valence-corrected chi connectivity index (χ1v) is 10.0. The van der Waals surface area contributed by atoms with E-state index in [2.05, 4.69) is 11.6 Å². The Hall–Kier alpha value is 0.180. The molecule has 0 aromatic rings. The first-order chi connectivity index (χ1) is 9.55. The van der Waals surface area contributed by atoms with Crippen molar-refractivity contribution in [1.82, 2.24) is 9.03 Å². The molecule has 2 N–H and O–H groups in total. The van der Waals surface area contributed by atoms with Crippen LogP contribution in [0.5, 0.6) is 0 Å². The van der Waals surface area contributed by atoms with Crippen molar-refractivity contribution in [3.63, 3.8) is 0 Å². The topological polar surface area (TPSA) is 69.6 Å². The quantitative estimate of drug-likeness (QED) is 0.771. The van der Waals surface area contributed by atoms with E-state index in [0.717, 1.165) is 37.9 Å². The van der Waals surface area contributed by atoms with Gasteiger partial charge in [-0.1, -0.05) is 6.92 Å². The lowest BCUT2D eigenvalue weighted by Crippen LogP contribution is -2.49. The molecule has 1 aliphatic heterocycles.